The van der Waals surface area contributed by atoms with Gasteiger partial charge in [-0.15, -0.1) is 0 Å². The van der Waals surface area contributed by atoms with Crippen LogP contribution < -0.4 is 15.5 Å². The van der Waals surface area contributed by atoms with E-state index in [1.165, 1.54) is 13.3 Å². The minimum absolute atomic E-state index is 0.374. The molecule has 0 unspecified atom stereocenters. The van der Waals surface area contributed by atoms with Gasteiger partial charge >= 0.3 is 11.8 Å². The van der Waals surface area contributed by atoms with Crippen molar-refractivity contribution in [2.45, 2.75) is 6.92 Å². The summed E-state index contributed by atoms with van der Waals surface area (Å²) in [6.45, 7) is 1.86. The molecule has 0 atom stereocenters. The van der Waals surface area contributed by atoms with Crippen molar-refractivity contribution in [1.82, 2.24) is 5.43 Å². The Hall–Kier alpha value is -2.57. The number of anilines is 1. The molecule has 2 aromatic rings. The number of rotatable bonds is 4. The standard InChI is InChI=1S/C17H15Cl2N3O3/c1-10-3-6-15(25-2)14(7-10)21-16(23)17(24)22-20-9-11-4-5-12(18)8-13(11)19/h3-9H,1-2H3,(H,21,23)(H,22,24)/b20-9-. The van der Waals surface area contributed by atoms with Gasteiger partial charge in [-0.2, -0.15) is 5.10 Å². The quantitative estimate of drug-likeness (QED) is 0.485. The third-order valence-electron chi connectivity index (χ3n) is 3.14. The lowest BCUT2D eigenvalue weighted by Gasteiger charge is -2.10. The van der Waals surface area contributed by atoms with Crippen LogP contribution in [-0.4, -0.2) is 25.1 Å². The highest BCUT2D eigenvalue weighted by molar-refractivity contribution is 6.40. The van der Waals surface area contributed by atoms with Crippen LogP contribution >= 0.6 is 23.2 Å². The van der Waals surface area contributed by atoms with Gasteiger partial charge in [0, 0.05) is 10.6 Å². The van der Waals surface area contributed by atoms with Crippen molar-refractivity contribution < 1.29 is 14.3 Å². The number of nitrogens with zero attached hydrogens (tertiary/aromatic N) is 1. The van der Waals surface area contributed by atoms with Crippen LogP contribution in [0, 0.1) is 6.92 Å². The molecular formula is C17H15Cl2N3O3. The molecule has 25 heavy (non-hydrogen) atoms. The van der Waals surface area contributed by atoms with Crippen molar-refractivity contribution in [3.8, 4) is 5.75 Å². The molecule has 2 aromatic carbocycles. The first-order chi connectivity index (χ1) is 11.9. The molecule has 0 spiro atoms. The molecule has 0 aromatic heterocycles. The lowest BCUT2D eigenvalue weighted by atomic mass is 10.2. The van der Waals surface area contributed by atoms with Crippen molar-refractivity contribution in [2.24, 2.45) is 5.10 Å². The number of carbonyl (C=O) groups is 2. The van der Waals surface area contributed by atoms with E-state index in [1.54, 1.807) is 30.3 Å². The van der Waals surface area contributed by atoms with Crippen molar-refractivity contribution >= 4 is 46.9 Å². The number of hydrazone groups is 1. The summed E-state index contributed by atoms with van der Waals surface area (Å²) in [7, 11) is 1.47. The number of hydrogen-bond acceptors (Lipinski definition) is 4. The highest BCUT2D eigenvalue weighted by Gasteiger charge is 2.15. The summed E-state index contributed by atoms with van der Waals surface area (Å²) >= 11 is 11.8. The largest absolute Gasteiger partial charge is 0.495 e. The van der Waals surface area contributed by atoms with E-state index < -0.39 is 11.8 Å². The van der Waals surface area contributed by atoms with Gasteiger partial charge in [0.2, 0.25) is 0 Å². The SMILES string of the molecule is COc1ccc(C)cc1NC(=O)C(=O)N/N=C\c1ccc(Cl)cc1Cl. The molecular weight excluding hydrogens is 365 g/mol. The second kappa shape index (κ2) is 8.50. The Bertz CT molecular complexity index is 838. The zero-order valence-electron chi connectivity index (χ0n) is 13.5. The first-order valence-electron chi connectivity index (χ1n) is 7.15. The maximum Gasteiger partial charge on any atom is 0.329 e. The second-order valence-corrected chi connectivity index (χ2v) is 5.87. The van der Waals surface area contributed by atoms with Gasteiger partial charge < -0.3 is 10.1 Å². The molecule has 0 radical (unpaired) electrons. The van der Waals surface area contributed by atoms with Gasteiger partial charge in [0.05, 0.1) is 24.0 Å². The number of carbonyl (C=O) groups excluding carboxylic acids is 2. The number of nitrogens with one attached hydrogen (secondary N) is 2. The molecule has 0 saturated heterocycles. The number of methoxy groups -OCH3 is 1. The van der Waals surface area contributed by atoms with Crippen molar-refractivity contribution in [3.05, 3.63) is 57.6 Å². The predicted octanol–water partition coefficient (Wildman–Crippen LogP) is 3.40. The summed E-state index contributed by atoms with van der Waals surface area (Å²) < 4.78 is 5.14. The van der Waals surface area contributed by atoms with Crippen LogP contribution in [0.1, 0.15) is 11.1 Å². The number of amides is 2. The third kappa shape index (κ3) is 5.20. The highest BCUT2D eigenvalue weighted by Crippen LogP contribution is 2.25. The van der Waals surface area contributed by atoms with Crippen LogP contribution in [0.15, 0.2) is 41.5 Å². The number of benzene rings is 2. The summed E-state index contributed by atoms with van der Waals surface area (Å²) in [5.41, 5.74) is 3.98. The molecule has 0 fully saturated rings. The van der Waals surface area contributed by atoms with E-state index in [1.807, 2.05) is 13.0 Å². The summed E-state index contributed by atoms with van der Waals surface area (Å²) in [6, 6.07) is 10.0. The second-order valence-electron chi connectivity index (χ2n) is 5.02. The van der Waals surface area contributed by atoms with Gasteiger partial charge in [-0.25, -0.2) is 5.43 Å². The predicted molar refractivity (Wildman–Crippen MR) is 98.6 cm³/mol. The molecule has 6 nitrogen and oxygen atoms in total. The maximum absolute atomic E-state index is 11.9. The van der Waals surface area contributed by atoms with Crippen LogP contribution in [0.2, 0.25) is 10.0 Å². The first kappa shape index (κ1) is 18.8. The maximum atomic E-state index is 11.9. The topological polar surface area (TPSA) is 79.8 Å². The molecule has 0 aliphatic rings. The van der Waals surface area contributed by atoms with Crippen LogP contribution in [0.3, 0.4) is 0 Å². The minimum atomic E-state index is -0.926. The van der Waals surface area contributed by atoms with E-state index >= 15 is 0 Å². The highest BCUT2D eigenvalue weighted by atomic mass is 35.5. The number of aryl methyl sites for hydroxylation is 1. The van der Waals surface area contributed by atoms with Crippen LogP contribution in [-0.2, 0) is 9.59 Å². The van der Waals surface area contributed by atoms with Gasteiger partial charge in [0.1, 0.15) is 5.75 Å². The molecule has 2 N–H and O–H groups in total. The van der Waals surface area contributed by atoms with Gasteiger partial charge in [0.25, 0.3) is 0 Å². The van der Waals surface area contributed by atoms with Crippen LogP contribution in [0.5, 0.6) is 5.75 Å². The zero-order valence-corrected chi connectivity index (χ0v) is 15.0. The van der Waals surface area contributed by atoms with Gasteiger partial charge in [-0.3, -0.25) is 9.59 Å². The Balaban J connectivity index is 2.00. The first-order valence-corrected chi connectivity index (χ1v) is 7.90. The number of ether oxygens (including phenoxy) is 1. The molecule has 0 aliphatic heterocycles. The van der Waals surface area contributed by atoms with Crippen molar-refractivity contribution in [1.29, 1.82) is 0 Å². The average Bonchev–Trinajstić information content (AvgIpc) is 2.57. The lowest BCUT2D eigenvalue weighted by molar-refractivity contribution is -0.136. The molecule has 130 valence electrons. The van der Waals surface area contributed by atoms with E-state index in [4.69, 9.17) is 27.9 Å². The Kier molecular flexibility index (Phi) is 6.38. The molecule has 0 heterocycles. The van der Waals surface area contributed by atoms with Gasteiger partial charge in [-0.1, -0.05) is 35.3 Å². The molecule has 0 aliphatic carbocycles. The van der Waals surface area contributed by atoms with Crippen molar-refractivity contribution in [2.75, 3.05) is 12.4 Å². The molecule has 2 amide bonds. The minimum Gasteiger partial charge on any atom is -0.495 e. The molecule has 0 saturated carbocycles. The smallest absolute Gasteiger partial charge is 0.329 e. The van der Waals surface area contributed by atoms with Crippen molar-refractivity contribution in [3.63, 3.8) is 0 Å². The fourth-order valence-corrected chi connectivity index (χ4v) is 2.37. The third-order valence-corrected chi connectivity index (χ3v) is 3.70. The number of hydrogen-bond donors (Lipinski definition) is 2. The fraction of sp³-hybridized carbons (Fsp3) is 0.118. The zero-order chi connectivity index (χ0) is 18.4. The van der Waals surface area contributed by atoms with Gasteiger partial charge in [-0.05, 0) is 36.8 Å². The lowest BCUT2D eigenvalue weighted by Crippen LogP contribution is -2.32. The summed E-state index contributed by atoms with van der Waals surface area (Å²) in [5.74, 6) is -1.35. The summed E-state index contributed by atoms with van der Waals surface area (Å²) in [5, 5.41) is 7.05. The Morgan fingerprint density at radius 2 is 1.88 bits per heavy atom. The van der Waals surface area contributed by atoms with E-state index in [2.05, 4.69) is 15.8 Å². The molecule has 8 heteroatoms. The van der Waals surface area contributed by atoms with Crippen LogP contribution in [0.25, 0.3) is 0 Å². The monoisotopic (exact) mass is 379 g/mol. The van der Waals surface area contributed by atoms with Crippen LogP contribution in [0.4, 0.5) is 5.69 Å². The van der Waals surface area contributed by atoms with Gasteiger partial charge in [0.15, 0.2) is 0 Å². The fourth-order valence-electron chi connectivity index (χ4n) is 1.92. The van der Waals surface area contributed by atoms with E-state index in [9.17, 15) is 9.59 Å². The van der Waals surface area contributed by atoms with E-state index in [0.29, 0.717) is 27.0 Å². The number of halogens is 2. The summed E-state index contributed by atoms with van der Waals surface area (Å²) in [6.07, 6.45) is 1.32. The average molecular weight is 380 g/mol. The normalized spacial score (nSPS) is 10.6. The molecule has 0 bridgehead atoms. The Labute approximate surface area is 154 Å². The Morgan fingerprint density at radius 3 is 2.56 bits per heavy atom. The molecule has 2 rings (SSSR count). The Morgan fingerprint density at radius 1 is 1.12 bits per heavy atom. The van der Waals surface area contributed by atoms with E-state index in [-0.39, 0.29) is 0 Å². The summed E-state index contributed by atoms with van der Waals surface area (Å²) in [4.78, 5) is 23.8. The van der Waals surface area contributed by atoms with E-state index in [0.717, 1.165) is 5.56 Å².